The third-order valence-electron chi connectivity index (χ3n) is 3.75. The van der Waals surface area contributed by atoms with Crippen LogP contribution in [-0.2, 0) is 4.79 Å². The fraction of sp³-hybridized carbons (Fsp3) is 0.600. The van der Waals surface area contributed by atoms with E-state index in [1.807, 2.05) is 14.1 Å². The molecule has 1 N–H and O–H groups in total. The van der Waals surface area contributed by atoms with Crippen LogP contribution in [0.1, 0.15) is 12.8 Å². The van der Waals surface area contributed by atoms with Gasteiger partial charge < -0.3 is 10.2 Å². The summed E-state index contributed by atoms with van der Waals surface area (Å²) in [7, 11) is 3.62. The predicted molar refractivity (Wildman–Crippen MR) is 82.4 cm³/mol. The lowest BCUT2D eigenvalue weighted by Gasteiger charge is -2.32. The Morgan fingerprint density at radius 1 is 1.48 bits per heavy atom. The molecule has 0 aliphatic carbocycles. The molecule has 0 aromatic carbocycles. The van der Waals surface area contributed by atoms with Crippen LogP contribution in [0.25, 0.3) is 0 Å². The van der Waals surface area contributed by atoms with Crippen molar-refractivity contribution < 1.29 is 18.0 Å². The van der Waals surface area contributed by atoms with E-state index in [0.717, 1.165) is 0 Å². The number of halogens is 3. The molecule has 23 heavy (non-hydrogen) atoms. The number of likely N-dealkylation sites (tertiary alicyclic amines) is 1. The molecule has 1 amide bonds. The Morgan fingerprint density at radius 3 is 2.87 bits per heavy atom. The number of nitrogens with one attached hydrogen (secondary N) is 1. The van der Waals surface area contributed by atoms with Gasteiger partial charge in [-0.3, -0.25) is 9.69 Å². The van der Waals surface area contributed by atoms with E-state index in [4.69, 9.17) is 0 Å². The highest BCUT2D eigenvalue weighted by molar-refractivity contribution is 5.95. The number of anilines is 2. The number of piperidine rings is 1. The summed E-state index contributed by atoms with van der Waals surface area (Å²) in [6, 6.07) is 3.44. The van der Waals surface area contributed by atoms with E-state index in [2.05, 4.69) is 10.3 Å². The average Bonchev–Trinajstić information content (AvgIpc) is 2.46. The van der Waals surface area contributed by atoms with Gasteiger partial charge in [-0.2, -0.15) is 13.2 Å². The number of pyridine rings is 1. The normalized spacial score (nSPS) is 19.4. The molecule has 0 saturated carbocycles. The summed E-state index contributed by atoms with van der Waals surface area (Å²) in [6.45, 7) is -0.464. The molecule has 0 bridgehead atoms. The van der Waals surface area contributed by atoms with Crippen LogP contribution in [0.3, 0.4) is 0 Å². The molecule has 2 heterocycles. The largest absolute Gasteiger partial charge is 0.401 e. The molecule has 1 saturated heterocycles. The van der Waals surface area contributed by atoms with Crippen LogP contribution < -0.4 is 10.2 Å². The van der Waals surface area contributed by atoms with Gasteiger partial charge in [0.1, 0.15) is 0 Å². The van der Waals surface area contributed by atoms with Gasteiger partial charge in [0.25, 0.3) is 0 Å². The number of amides is 1. The highest BCUT2D eigenvalue weighted by Gasteiger charge is 2.34. The molecule has 128 valence electrons. The molecule has 1 aromatic rings. The maximum atomic E-state index is 12.5. The Labute approximate surface area is 133 Å². The lowest BCUT2D eigenvalue weighted by Crippen LogP contribution is -2.44. The molecule has 1 aromatic heterocycles. The molecule has 1 atom stereocenters. The standard InChI is InChI=1S/C15H21F3N4O/c1-21(2)13-12(6-3-7-19-13)20-14(23)11-5-4-8-22(9-11)10-15(16,17)18/h3,6-7,11H,4-5,8-10H2,1-2H3,(H,20,23). The number of rotatable bonds is 4. The zero-order valence-corrected chi connectivity index (χ0v) is 13.2. The average molecular weight is 330 g/mol. The summed E-state index contributed by atoms with van der Waals surface area (Å²) < 4.78 is 37.5. The fourth-order valence-corrected chi connectivity index (χ4v) is 2.75. The van der Waals surface area contributed by atoms with Crippen LogP contribution in [0.4, 0.5) is 24.7 Å². The molecular formula is C15H21F3N4O. The van der Waals surface area contributed by atoms with Crippen LogP contribution in [0.15, 0.2) is 18.3 Å². The first-order chi connectivity index (χ1) is 10.8. The summed E-state index contributed by atoms with van der Waals surface area (Å²) in [6.07, 6.45) is -1.43. The molecule has 1 aliphatic heterocycles. The van der Waals surface area contributed by atoms with E-state index in [9.17, 15) is 18.0 Å². The molecule has 1 unspecified atom stereocenters. The summed E-state index contributed by atoms with van der Waals surface area (Å²) in [5, 5.41) is 2.79. The van der Waals surface area contributed by atoms with Crippen molar-refractivity contribution in [3.63, 3.8) is 0 Å². The van der Waals surface area contributed by atoms with E-state index in [1.54, 1.807) is 23.2 Å². The summed E-state index contributed by atoms with van der Waals surface area (Å²) >= 11 is 0. The van der Waals surface area contributed by atoms with Crippen molar-refractivity contribution >= 4 is 17.4 Å². The van der Waals surface area contributed by atoms with E-state index in [1.165, 1.54) is 4.90 Å². The zero-order valence-electron chi connectivity index (χ0n) is 13.2. The van der Waals surface area contributed by atoms with Crippen LogP contribution in [0.5, 0.6) is 0 Å². The lowest BCUT2D eigenvalue weighted by atomic mass is 9.97. The van der Waals surface area contributed by atoms with E-state index >= 15 is 0 Å². The van der Waals surface area contributed by atoms with Crippen molar-refractivity contribution in [2.75, 3.05) is 43.9 Å². The van der Waals surface area contributed by atoms with Gasteiger partial charge in [0, 0.05) is 26.8 Å². The van der Waals surface area contributed by atoms with Crippen LogP contribution in [0.2, 0.25) is 0 Å². The smallest absolute Gasteiger partial charge is 0.361 e. The number of carbonyl (C=O) groups excluding carboxylic acids is 1. The van der Waals surface area contributed by atoms with Gasteiger partial charge in [-0.1, -0.05) is 0 Å². The van der Waals surface area contributed by atoms with Gasteiger partial charge in [0.15, 0.2) is 5.82 Å². The van der Waals surface area contributed by atoms with Crippen molar-refractivity contribution in [3.8, 4) is 0 Å². The quantitative estimate of drug-likeness (QED) is 0.921. The molecule has 0 radical (unpaired) electrons. The first kappa shape index (κ1) is 17.5. The van der Waals surface area contributed by atoms with Crippen molar-refractivity contribution in [2.24, 2.45) is 5.92 Å². The summed E-state index contributed by atoms with van der Waals surface area (Å²) in [5.41, 5.74) is 0.565. The Morgan fingerprint density at radius 2 is 2.22 bits per heavy atom. The van der Waals surface area contributed by atoms with Crippen molar-refractivity contribution in [3.05, 3.63) is 18.3 Å². The molecule has 0 spiro atoms. The van der Waals surface area contributed by atoms with Crippen LogP contribution in [0, 0.1) is 5.92 Å². The maximum Gasteiger partial charge on any atom is 0.401 e. The van der Waals surface area contributed by atoms with Gasteiger partial charge >= 0.3 is 6.18 Å². The third-order valence-corrected chi connectivity index (χ3v) is 3.75. The molecule has 1 fully saturated rings. The van der Waals surface area contributed by atoms with Gasteiger partial charge in [0.05, 0.1) is 18.2 Å². The Bertz CT molecular complexity index is 548. The molecule has 8 heteroatoms. The molecular weight excluding hydrogens is 309 g/mol. The van der Waals surface area contributed by atoms with Crippen molar-refractivity contribution in [2.45, 2.75) is 19.0 Å². The lowest BCUT2D eigenvalue weighted by molar-refractivity contribution is -0.151. The predicted octanol–water partition coefficient (Wildman–Crippen LogP) is 2.36. The molecule has 2 rings (SSSR count). The fourth-order valence-electron chi connectivity index (χ4n) is 2.75. The van der Waals surface area contributed by atoms with Crippen molar-refractivity contribution in [1.29, 1.82) is 0 Å². The SMILES string of the molecule is CN(C)c1ncccc1NC(=O)C1CCCN(CC(F)(F)F)C1. The summed E-state index contributed by atoms with van der Waals surface area (Å²) in [5.74, 6) is -0.0851. The number of aromatic nitrogens is 1. The second kappa shape index (κ2) is 7.16. The number of alkyl halides is 3. The van der Waals surface area contributed by atoms with Crippen LogP contribution in [-0.4, -0.2) is 55.7 Å². The Hall–Kier alpha value is -1.83. The zero-order chi connectivity index (χ0) is 17.0. The third kappa shape index (κ3) is 5.09. The number of hydrogen-bond acceptors (Lipinski definition) is 4. The van der Waals surface area contributed by atoms with Gasteiger partial charge in [-0.05, 0) is 31.5 Å². The Balaban J connectivity index is 2.01. The highest BCUT2D eigenvalue weighted by Crippen LogP contribution is 2.25. The van der Waals surface area contributed by atoms with E-state index in [-0.39, 0.29) is 12.5 Å². The second-order valence-electron chi connectivity index (χ2n) is 5.95. The summed E-state index contributed by atoms with van der Waals surface area (Å²) in [4.78, 5) is 19.6. The molecule has 5 nitrogen and oxygen atoms in total. The minimum Gasteiger partial charge on any atom is -0.361 e. The first-order valence-corrected chi connectivity index (χ1v) is 7.48. The van der Waals surface area contributed by atoms with E-state index in [0.29, 0.717) is 30.9 Å². The Kier molecular flexibility index (Phi) is 5.46. The highest BCUT2D eigenvalue weighted by atomic mass is 19.4. The van der Waals surface area contributed by atoms with E-state index < -0.39 is 18.6 Å². The van der Waals surface area contributed by atoms with Gasteiger partial charge in [-0.25, -0.2) is 4.98 Å². The molecule has 1 aliphatic rings. The van der Waals surface area contributed by atoms with Gasteiger partial charge in [-0.15, -0.1) is 0 Å². The number of hydrogen-bond donors (Lipinski definition) is 1. The number of carbonyl (C=O) groups is 1. The first-order valence-electron chi connectivity index (χ1n) is 7.48. The van der Waals surface area contributed by atoms with Crippen molar-refractivity contribution in [1.82, 2.24) is 9.88 Å². The minimum absolute atomic E-state index is 0.128. The maximum absolute atomic E-state index is 12.5. The minimum atomic E-state index is -4.24. The monoisotopic (exact) mass is 330 g/mol. The second-order valence-corrected chi connectivity index (χ2v) is 5.95. The number of nitrogens with zero attached hydrogens (tertiary/aromatic N) is 3. The van der Waals surface area contributed by atoms with Gasteiger partial charge in [0.2, 0.25) is 5.91 Å². The topological polar surface area (TPSA) is 48.5 Å². The van der Waals surface area contributed by atoms with Crippen LogP contribution >= 0.6 is 0 Å².